The van der Waals surface area contributed by atoms with E-state index in [0.29, 0.717) is 17.5 Å². The minimum absolute atomic E-state index is 0.599. The Kier molecular flexibility index (Phi) is 9.54. The van der Waals surface area contributed by atoms with Gasteiger partial charge in [-0.15, -0.1) is 11.3 Å². The number of hydrogen-bond acceptors (Lipinski definition) is 7. The number of nitrogens with zero attached hydrogens (tertiary/aromatic N) is 7. The van der Waals surface area contributed by atoms with Crippen molar-refractivity contribution >= 4 is 54.1 Å². The van der Waals surface area contributed by atoms with Crippen molar-refractivity contribution in [2.75, 3.05) is 0 Å². The molecule has 13 aromatic rings. The van der Waals surface area contributed by atoms with Crippen molar-refractivity contribution in [2.24, 2.45) is 0 Å². The highest BCUT2D eigenvalue weighted by Crippen LogP contribution is 2.49. The molecule has 6 aromatic heterocycles. The summed E-state index contributed by atoms with van der Waals surface area (Å²) in [4.78, 5) is 31.5. The van der Waals surface area contributed by atoms with Crippen molar-refractivity contribution < 1.29 is 0 Å². The molecule has 0 radical (unpaired) electrons. The molecule has 0 spiro atoms. The Morgan fingerprint density at radius 2 is 0.912 bits per heavy atom. The third-order valence-corrected chi connectivity index (χ3v) is 13.8. The van der Waals surface area contributed by atoms with Gasteiger partial charge >= 0.3 is 0 Å². The average molecular weight is 888 g/mol. The van der Waals surface area contributed by atoms with Crippen LogP contribution in [0.3, 0.4) is 0 Å². The molecule has 0 amide bonds. The van der Waals surface area contributed by atoms with Crippen molar-refractivity contribution in [3.63, 3.8) is 0 Å². The van der Waals surface area contributed by atoms with Gasteiger partial charge in [0.25, 0.3) is 0 Å². The lowest BCUT2D eigenvalue weighted by atomic mass is 9.96. The maximum atomic E-state index is 5.40. The summed E-state index contributed by atoms with van der Waals surface area (Å²) in [6.45, 7) is 0. The zero-order valence-corrected chi connectivity index (χ0v) is 37.2. The Bertz CT molecular complexity index is 3960. The SMILES string of the molecule is c1ccc(-c2nc(-c3ccc(-c4cccc(-c5nc6ccccc6c6sc(-c7ccccn7)c(-c7ccccn7)c56)c4)cc3)nc(-c3cccc(-n4c5ccccc5c5ccccc54)c3)n2)cc1. The Morgan fingerprint density at radius 1 is 0.368 bits per heavy atom. The van der Waals surface area contributed by atoms with Crippen molar-refractivity contribution in [2.45, 2.75) is 0 Å². The highest BCUT2D eigenvalue weighted by Gasteiger charge is 2.24. The minimum Gasteiger partial charge on any atom is -0.309 e. The fraction of sp³-hybridized carbons (Fsp3) is 0. The van der Waals surface area contributed by atoms with Gasteiger partial charge in [-0.05, 0) is 71.8 Å². The first-order chi connectivity index (χ1) is 33.7. The number of para-hydroxylation sites is 3. The van der Waals surface area contributed by atoms with E-state index in [4.69, 9.17) is 29.9 Å². The van der Waals surface area contributed by atoms with Crippen LogP contribution in [-0.4, -0.2) is 34.5 Å². The van der Waals surface area contributed by atoms with Gasteiger partial charge < -0.3 is 4.57 Å². The normalized spacial score (nSPS) is 11.5. The molecule has 0 saturated heterocycles. The maximum Gasteiger partial charge on any atom is 0.164 e. The van der Waals surface area contributed by atoms with Crippen LogP contribution in [0.15, 0.2) is 225 Å². The van der Waals surface area contributed by atoms with Crippen LogP contribution in [0.25, 0.3) is 127 Å². The molecule has 8 heteroatoms. The average Bonchev–Trinajstić information content (AvgIpc) is 3.99. The monoisotopic (exact) mass is 887 g/mol. The second-order valence-electron chi connectivity index (χ2n) is 16.7. The van der Waals surface area contributed by atoms with E-state index in [0.717, 1.165) is 98.6 Å². The van der Waals surface area contributed by atoms with E-state index in [-0.39, 0.29) is 0 Å². The third kappa shape index (κ3) is 6.82. The quantitative estimate of drug-likeness (QED) is 0.151. The molecule has 7 aromatic carbocycles. The molecule has 0 saturated carbocycles. The van der Waals surface area contributed by atoms with E-state index in [1.165, 1.54) is 10.8 Å². The molecule has 0 bridgehead atoms. The first kappa shape index (κ1) is 39.4. The molecule has 0 aliphatic heterocycles. The van der Waals surface area contributed by atoms with Gasteiger partial charge in [0, 0.05) is 72.1 Å². The van der Waals surface area contributed by atoms with Crippen molar-refractivity contribution in [1.82, 2.24) is 34.5 Å². The van der Waals surface area contributed by atoms with Crippen LogP contribution in [0.2, 0.25) is 0 Å². The van der Waals surface area contributed by atoms with Crippen LogP contribution in [0, 0.1) is 0 Å². The number of rotatable bonds is 8. The maximum absolute atomic E-state index is 5.40. The standard InChI is InChI=1S/C60H37N7S/c1-2-16-39(17-3-1)58-64-59(66-60(65-58)43-20-15-21-44(37-43)67-51-28-8-5-22-45(51)46-23-6-9-29-52(46)67)40-32-30-38(31-33-40)41-18-14-19-42(36-41)55-54-53(49-26-10-12-34-61-49)57(50-27-11-13-35-62-50)68-56(54)47-24-4-7-25-48(47)63-55/h1-37H. The zero-order valence-electron chi connectivity index (χ0n) is 36.4. The predicted octanol–water partition coefficient (Wildman–Crippen LogP) is 15.2. The molecule has 0 N–H and O–H groups in total. The number of pyridine rings is 3. The fourth-order valence-electron chi connectivity index (χ4n) is 9.42. The summed E-state index contributed by atoms with van der Waals surface area (Å²) in [6, 6.07) is 73.4. The predicted molar refractivity (Wildman–Crippen MR) is 278 cm³/mol. The van der Waals surface area contributed by atoms with E-state index in [1.54, 1.807) is 11.3 Å². The molecular weight excluding hydrogens is 851 g/mol. The summed E-state index contributed by atoms with van der Waals surface area (Å²) in [5.74, 6) is 1.82. The van der Waals surface area contributed by atoms with Gasteiger partial charge in [0.15, 0.2) is 17.5 Å². The number of fused-ring (bicyclic) bond motifs is 6. The molecule has 0 aliphatic carbocycles. The minimum atomic E-state index is 0.599. The summed E-state index contributed by atoms with van der Waals surface area (Å²) in [7, 11) is 0. The van der Waals surface area contributed by atoms with Gasteiger partial charge in [-0.1, -0.05) is 152 Å². The van der Waals surface area contributed by atoms with Crippen molar-refractivity contribution in [3.8, 4) is 84.1 Å². The molecule has 318 valence electrons. The van der Waals surface area contributed by atoms with Crippen LogP contribution >= 0.6 is 11.3 Å². The van der Waals surface area contributed by atoms with Gasteiger partial charge in [-0.3, -0.25) is 9.97 Å². The summed E-state index contributed by atoms with van der Waals surface area (Å²) < 4.78 is 3.48. The summed E-state index contributed by atoms with van der Waals surface area (Å²) >= 11 is 1.75. The second-order valence-corrected chi connectivity index (χ2v) is 17.7. The smallest absolute Gasteiger partial charge is 0.164 e. The first-order valence-electron chi connectivity index (χ1n) is 22.5. The molecule has 6 heterocycles. The van der Waals surface area contributed by atoms with Gasteiger partial charge in [0.05, 0.1) is 38.5 Å². The van der Waals surface area contributed by atoms with E-state index < -0.39 is 0 Å². The molecule has 13 rings (SSSR count). The number of hydrogen-bond donors (Lipinski definition) is 0. The van der Waals surface area contributed by atoms with E-state index in [2.05, 4.69) is 162 Å². The molecule has 0 fully saturated rings. The van der Waals surface area contributed by atoms with Crippen LogP contribution in [-0.2, 0) is 0 Å². The molecule has 0 atom stereocenters. The number of benzene rings is 7. The summed E-state index contributed by atoms with van der Waals surface area (Å²) in [6.07, 6.45) is 3.70. The molecular formula is C60H37N7S. The molecule has 7 nitrogen and oxygen atoms in total. The highest BCUT2D eigenvalue weighted by molar-refractivity contribution is 7.24. The zero-order chi connectivity index (χ0) is 45.0. The topological polar surface area (TPSA) is 82.3 Å². The van der Waals surface area contributed by atoms with E-state index >= 15 is 0 Å². The Labute approximate surface area is 395 Å². The molecule has 68 heavy (non-hydrogen) atoms. The van der Waals surface area contributed by atoms with Gasteiger partial charge in [-0.25, -0.2) is 19.9 Å². The van der Waals surface area contributed by atoms with Crippen molar-refractivity contribution in [1.29, 1.82) is 0 Å². The number of thiophene rings is 1. The van der Waals surface area contributed by atoms with Crippen LogP contribution in [0.4, 0.5) is 0 Å². The molecule has 0 unspecified atom stereocenters. The summed E-state index contributed by atoms with van der Waals surface area (Å²) in [5.41, 5.74) is 13.9. The Morgan fingerprint density at radius 3 is 1.62 bits per heavy atom. The lowest BCUT2D eigenvalue weighted by molar-refractivity contribution is 1.07. The highest BCUT2D eigenvalue weighted by atomic mass is 32.1. The van der Waals surface area contributed by atoms with Crippen LogP contribution in [0.1, 0.15) is 0 Å². The lowest BCUT2D eigenvalue weighted by Gasteiger charge is -2.12. The lowest BCUT2D eigenvalue weighted by Crippen LogP contribution is -2.01. The van der Waals surface area contributed by atoms with Crippen LogP contribution in [0.5, 0.6) is 0 Å². The summed E-state index contributed by atoms with van der Waals surface area (Å²) in [5, 5.41) is 4.61. The van der Waals surface area contributed by atoms with Gasteiger partial charge in [0.2, 0.25) is 0 Å². The van der Waals surface area contributed by atoms with Gasteiger partial charge in [-0.2, -0.15) is 0 Å². The third-order valence-electron chi connectivity index (χ3n) is 12.6. The van der Waals surface area contributed by atoms with Crippen molar-refractivity contribution in [3.05, 3.63) is 225 Å². The largest absolute Gasteiger partial charge is 0.309 e. The first-order valence-corrected chi connectivity index (χ1v) is 23.3. The Balaban J connectivity index is 0.911. The molecule has 0 aliphatic rings. The fourth-order valence-corrected chi connectivity index (χ4v) is 10.7. The van der Waals surface area contributed by atoms with E-state index in [9.17, 15) is 0 Å². The second kappa shape index (κ2) is 16.5. The van der Waals surface area contributed by atoms with Gasteiger partial charge in [0.1, 0.15) is 0 Å². The van der Waals surface area contributed by atoms with E-state index in [1.807, 2.05) is 67.0 Å². The Hall–Kier alpha value is -8.98. The van der Waals surface area contributed by atoms with Crippen LogP contribution < -0.4 is 0 Å². The number of aromatic nitrogens is 7.